The zero-order chi connectivity index (χ0) is 20.8. The predicted molar refractivity (Wildman–Crippen MR) is 108 cm³/mol. The number of rotatable bonds is 10. The number of aliphatic hydroxyl groups excluding tert-OH is 1. The van der Waals surface area contributed by atoms with E-state index in [2.05, 4.69) is 13.8 Å². The number of hydrogen-bond acceptors (Lipinski definition) is 5. The summed E-state index contributed by atoms with van der Waals surface area (Å²) in [6.07, 6.45) is 4.11. The summed E-state index contributed by atoms with van der Waals surface area (Å²) in [5, 5.41) is 10.4. The number of amides is 1. The molecule has 0 saturated carbocycles. The lowest BCUT2D eigenvalue weighted by Gasteiger charge is -2.30. The molecule has 1 amide bonds. The summed E-state index contributed by atoms with van der Waals surface area (Å²) in [7, 11) is 3.09. The SMILES string of the molecule is CCCC[C@H](CC)CN1C(=O)C(O)=C(C(C)=O)[C@H]1c1ccc(OC)c(OC)c1. The standard InChI is InChI=1S/C22H31NO5/c1-6-8-9-15(7-2)13-23-20(19(14(3)24)21(25)22(23)26)16-10-11-17(27-4)18(12-16)28-5/h10-12,15,20,25H,6-9,13H2,1-5H3/t15-,20+/m0/s1. The molecule has 0 aromatic heterocycles. The minimum absolute atomic E-state index is 0.141. The number of ether oxygens (including phenoxy) is 2. The number of aliphatic hydroxyl groups is 1. The van der Waals surface area contributed by atoms with Gasteiger partial charge in [0.2, 0.25) is 0 Å². The van der Waals surface area contributed by atoms with Gasteiger partial charge in [-0.1, -0.05) is 39.2 Å². The van der Waals surface area contributed by atoms with Crippen LogP contribution in [0.1, 0.15) is 58.1 Å². The van der Waals surface area contributed by atoms with E-state index < -0.39 is 17.7 Å². The van der Waals surface area contributed by atoms with Crippen molar-refractivity contribution in [3.8, 4) is 11.5 Å². The molecule has 1 aliphatic heterocycles. The van der Waals surface area contributed by atoms with Crippen molar-refractivity contribution in [3.05, 3.63) is 35.1 Å². The monoisotopic (exact) mass is 389 g/mol. The van der Waals surface area contributed by atoms with E-state index in [0.29, 0.717) is 29.5 Å². The second-order valence-electron chi connectivity index (χ2n) is 7.21. The van der Waals surface area contributed by atoms with Crippen LogP contribution in [0.15, 0.2) is 29.5 Å². The molecule has 2 rings (SSSR count). The Morgan fingerprint density at radius 1 is 1.21 bits per heavy atom. The molecule has 0 spiro atoms. The van der Waals surface area contributed by atoms with E-state index in [0.717, 1.165) is 25.7 Å². The van der Waals surface area contributed by atoms with Crippen molar-refractivity contribution >= 4 is 11.7 Å². The molecule has 6 nitrogen and oxygen atoms in total. The van der Waals surface area contributed by atoms with Crippen molar-refractivity contribution in [2.45, 2.75) is 52.5 Å². The second kappa shape index (κ2) is 9.62. The van der Waals surface area contributed by atoms with Gasteiger partial charge >= 0.3 is 0 Å². The van der Waals surface area contributed by atoms with Gasteiger partial charge in [0.15, 0.2) is 23.0 Å². The minimum atomic E-state index is -0.625. The van der Waals surface area contributed by atoms with E-state index in [4.69, 9.17) is 9.47 Å². The number of hydrogen-bond donors (Lipinski definition) is 1. The summed E-state index contributed by atoms with van der Waals surface area (Å²) in [5.41, 5.74) is 0.855. The van der Waals surface area contributed by atoms with Crippen LogP contribution >= 0.6 is 0 Å². The fraction of sp³-hybridized carbons (Fsp3) is 0.545. The fourth-order valence-corrected chi connectivity index (χ4v) is 3.77. The topological polar surface area (TPSA) is 76.1 Å². The van der Waals surface area contributed by atoms with Crippen molar-refractivity contribution in [1.29, 1.82) is 0 Å². The smallest absolute Gasteiger partial charge is 0.290 e. The summed E-state index contributed by atoms with van der Waals surface area (Å²) in [4.78, 5) is 26.7. The van der Waals surface area contributed by atoms with Crippen LogP contribution in [0.2, 0.25) is 0 Å². The Bertz CT molecular complexity index is 755. The van der Waals surface area contributed by atoms with Crippen LogP contribution in [0.5, 0.6) is 11.5 Å². The third kappa shape index (κ3) is 4.32. The minimum Gasteiger partial charge on any atom is -0.503 e. The molecular weight excluding hydrogens is 358 g/mol. The highest BCUT2D eigenvalue weighted by Gasteiger charge is 2.43. The third-order valence-electron chi connectivity index (χ3n) is 5.40. The maximum atomic E-state index is 12.8. The summed E-state index contributed by atoms with van der Waals surface area (Å²) in [6.45, 7) is 6.12. The first kappa shape index (κ1) is 21.8. The average Bonchev–Trinajstić information content (AvgIpc) is 2.95. The molecule has 1 aliphatic rings. The largest absolute Gasteiger partial charge is 0.503 e. The molecule has 0 radical (unpaired) electrons. The quantitative estimate of drug-likeness (QED) is 0.649. The zero-order valence-corrected chi connectivity index (χ0v) is 17.4. The number of unbranched alkanes of at least 4 members (excludes halogenated alkanes) is 1. The Hall–Kier alpha value is -2.50. The van der Waals surface area contributed by atoms with Crippen molar-refractivity contribution in [2.75, 3.05) is 20.8 Å². The number of nitrogens with zero attached hydrogens (tertiary/aromatic N) is 1. The van der Waals surface area contributed by atoms with Crippen LogP contribution in [0.3, 0.4) is 0 Å². The van der Waals surface area contributed by atoms with Gasteiger partial charge in [-0.25, -0.2) is 0 Å². The highest BCUT2D eigenvalue weighted by Crippen LogP contribution is 2.41. The third-order valence-corrected chi connectivity index (χ3v) is 5.40. The van der Waals surface area contributed by atoms with Crippen LogP contribution < -0.4 is 9.47 Å². The van der Waals surface area contributed by atoms with Crippen LogP contribution in [0, 0.1) is 5.92 Å². The first-order chi connectivity index (χ1) is 13.4. The number of ketones is 1. The second-order valence-corrected chi connectivity index (χ2v) is 7.21. The van der Waals surface area contributed by atoms with Gasteiger partial charge in [-0.15, -0.1) is 0 Å². The first-order valence-corrected chi connectivity index (χ1v) is 9.86. The highest BCUT2D eigenvalue weighted by atomic mass is 16.5. The molecule has 1 N–H and O–H groups in total. The van der Waals surface area contributed by atoms with Crippen molar-refractivity contribution < 1.29 is 24.2 Å². The number of carbonyl (C=O) groups is 2. The van der Waals surface area contributed by atoms with E-state index in [9.17, 15) is 14.7 Å². The molecule has 0 fully saturated rings. The molecule has 154 valence electrons. The van der Waals surface area contributed by atoms with Gasteiger partial charge in [-0.3, -0.25) is 9.59 Å². The molecule has 0 bridgehead atoms. The lowest BCUT2D eigenvalue weighted by Crippen LogP contribution is -2.35. The average molecular weight is 389 g/mol. The Labute approximate surface area is 167 Å². The van der Waals surface area contributed by atoms with Crippen LogP contribution in [0.4, 0.5) is 0 Å². The van der Waals surface area contributed by atoms with Gasteiger partial charge < -0.3 is 19.5 Å². The molecule has 0 unspecified atom stereocenters. The molecule has 0 aliphatic carbocycles. The van der Waals surface area contributed by atoms with E-state index >= 15 is 0 Å². The summed E-state index contributed by atoms with van der Waals surface area (Å²) >= 11 is 0. The molecule has 1 aromatic carbocycles. The van der Waals surface area contributed by atoms with Gasteiger partial charge in [0, 0.05) is 6.54 Å². The number of benzene rings is 1. The molecule has 28 heavy (non-hydrogen) atoms. The maximum absolute atomic E-state index is 12.8. The van der Waals surface area contributed by atoms with Crippen molar-refractivity contribution in [2.24, 2.45) is 5.92 Å². The number of Topliss-reactive ketones (excluding diaryl/α,β-unsaturated/α-hetero) is 1. The first-order valence-electron chi connectivity index (χ1n) is 9.86. The van der Waals surface area contributed by atoms with Gasteiger partial charge in [0.25, 0.3) is 5.91 Å². The molecule has 1 aromatic rings. The predicted octanol–water partition coefficient (Wildman–Crippen LogP) is 4.20. The highest BCUT2D eigenvalue weighted by molar-refractivity contribution is 6.08. The van der Waals surface area contributed by atoms with Gasteiger partial charge in [-0.05, 0) is 37.0 Å². The van der Waals surface area contributed by atoms with Crippen molar-refractivity contribution in [3.63, 3.8) is 0 Å². The van der Waals surface area contributed by atoms with E-state index in [1.54, 1.807) is 30.2 Å². The lowest BCUT2D eigenvalue weighted by atomic mass is 9.94. The Balaban J connectivity index is 2.47. The molecular formula is C22H31NO5. The Morgan fingerprint density at radius 2 is 1.89 bits per heavy atom. The maximum Gasteiger partial charge on any atom is 0.290 e. The zero-order valence-electron chi connectivity index (χ0n) is 17.4. The van der Waals surface area contributed by atoms with Crippen LogP contribution in [-0.2, 0) is 9.59 Å². The Kier molecular flexibility index (Phi) is 7.49. The van der Waals surface area contributed by atoms with Gasteiger partial charge in [0.05, 0.1) is 25.8 Å². The van der Waals surface area contributed by atoms with E-state index in [-0.39, 0.29) is 11.4 Å². The normalized spacial score (nSPS) is 17.8. The molecule has 1 heterocycles. The lowest BCUT2D eigenvalue weighted by molar-refractivity contribution is -0.130. The number of carbonyl (C=O) groups excluding carboxylic acids is 2. The number of methoxy groups -OCH3 is 2. The fourth-order valence-electron chi connectivity index (χ4n) is 3.77. The van der Waals surface area contributed by atoms with Crippen molar-refractivity contribution in [1.82, 2.24) is 4.90 Å². The Morgan fingerprint density at radius 3 is 2.43 bits per heavy atom. The molecule has 0 saturated heterocycles. The van der Waals surface area contributed by atoms with E-state index in [1.165, 1.54) is 14.0 Å². The van der Waals surface area contributed by atoms with Crippen LogP contribution in [-0.4, -0.2) is 42.5 Å². The summed E-state index contributed by atoms with van der Waals surface area (Å²) < 4.78 is 10.7. The summed E-state index contributed by atoms with van der Waals surface area (Å²) in [6, 6.07) is 4.69. The molecule has 2 atom stereocenters. The van der Waals surface area contributed by atoms with Crippen LogP contribution in [0.25, 0.3) is 0 Å². The van der Waals surface area contributed by atoms with Gasteiger partial charge in [-0.2, -0.15) is 0 Å². The summed E-state index contributed by atoms with van der Waals surface area (Å²) in [5.74, 6) is 0.145. The molecule has 6 heteroatoms. The van der Waals surface area contributed by atoms with E-state index in [1.807, 2.05) is 0 Å². The van der Waals surface area contributed by atoms with Gasteiger partial charge in [0.1, 0.15) is 0 Å².